The molecule has 24 heavy (non-hydrogen) atoms. The van der Waals surface area contributed by atoms with Crippen LogP contribution in [0.25, 0.3) is 0 Å². The molecule has 120 valence electrons. The van der Waals surface area contributed by atoms with E-state index in [0.29, 0.717) is 14.9 Å². The van der Waals surface area contributed by atoms with E-state index in [-0.39, 0.29) is 13.7 Å². The van der Waals surface area contributed by atoms with Gasteiger partial charge in [-0.15, -0.1) is 0 Å². The maximum atomic E-state index is 6.03. The van der Waals surface area contributed by atoms with Crippen molar-refractivity contribution in [2.24, 2.45) is 0 Å². The Morgan fingerprint density at radius 3 is 1.71 bits per heavy atom. The molecule has 0 aliphatic rings. The van der Waals surface area contributed by atoms with Crippen molar-refractivity contribution in [1.29, 1.82) is 0 Å². The monoisotopic (exact) mass is 334 g/mol. The van der Waals surface area contributed by atoms with Gasteiger partial charge in [0, 0.05) is 0 Å². The van der Waals surface area contributed by atoms with Gasteiger partial charge in [-0.1, -0.05) is 99.6 Å². The molecule has 0 radical (unpaired) electrons. The molecule has 3 aromatic carbocycles. The molecule has 3 rings (SSSR count). The lowest BCUT2D eigenvalue weighted by Gasteiger charge is -2.15. The Hall–Kier alpha value is -1.93. The third kappa shape index (κ3) is 5.04. The number of hydrogen-bond acceptors (Lipinski definition) is 2. The standard InChI is InChI=1S/C20H20BO2P/c1-4-10-18(11-5-1)21(19-12-6-2-7-13-19)23-16-22-17-24-20-14-8-3-9-15-20/h1-15,24H,16-17H2. The van der Waals surface area contributed by atoms with E-state index in [1.54, 1.807) is 0 Å². The molecular weight excluding hydrogens is 314 g/mol. The van der Waals surface area contributed by atoms with Crippen LogP contribution >= 0.6 is 8.58 Å². The lowest BCUT2D eigenvalue weighted by atomic mass is 9.55. The molecule has 0 spiro atoms. The fraction of sp³-hybridized carbons (Fsp3) is 0.100. The van der Waals surface area contributed by atoms with Crippen molar-refractivity contribution in [3.05, 3.63) is 91.0 Å². The SMILES string of the molecule is c1ccc(PCOCOB(c2ccccc2)c2ccccc2)cc1. The average Bonchev–Trinajstić information content (AvgIpc) is 2.67. The summed E-state index contributed by atoms with van der Waals surface area (Å²) in [4.78, 5) is 0. The van der Waals surface area contributed by atoms with Crippen LogP contribution in [0.3, 0.4) is 0 Å². The molecule has 0 aliphatic carbocycles. The first kappa shape index (κ1) is 16.9. The minimum absolute atomic E-state index is 0.104. The summed E-state index contributed by atoms with van der Waals surface area (Å²) in [5.41, 5.74) is 2.27. The van der Waals surface area contributed by atoms with Crippen molar-refractivity contribution in [1.82, 2.24) is 0 Å². The van der Waals surface area contributed by atoms with E-state index in [9.17, 15) is 0 Å². The van der Waals surface area contributed by atoms with E-state index in [4.69, 9.17) is 9.39 Å². The van der Waals surface area contributed by atoms with E-state index in [1.165, 1.54) is 5.30 Å². The van der Waals surface area contributed by atoms with Gasteiger partial charge in [-0.2, -0.15) is 0 Å². The fourth-order valence-corrected chi connectivity index (χ4v) is 3.27. The van der Waals surface area contributed by atoms with Crippen LogP contribution in [0, 0.1) is 0 Å². The summed E-state index contributed by atoms with van der Waals surface area (Å²) < 4.78 is 11.7. The molecule has 0 bridgehead atoms. The molecule has 0 aliphatic heterocycles. The van der Waals surface area contributed by atoms with E-state index in [1.807, 2.05) is 42.5 Å². The van der Waals surface area contributed by atoms with Crippen LogP contribution in [0.15, 0.2) is 91.0 Å². The van der Waals surface area contributed by atoms with Crippen molar-refractivity contribution >= 4 is 31.7 Å². The van der Waals surface area contributed by atoms with Crippen LogP contribution in [-0.4, -0.2) is 20.1 Å². The summed E-state index contributed by atoms with van der Waals surface area (Å²) in [6.07, 6.45) is 0.681. The summed E-state index contributed by atoms with van der Waals surface area (Å²) in [6.45, 7) is 0.182. The van der Waals surface area contributed by atoms with Gasteiger partial charge < -0.3 is 9.39 Å². The van der Waals surface area contributed by atoms with Crippen LogP contribution in [0.1, 0.15) is 0 Å². The van der Waals surface area contributed by atoms with Crippen LogP contribution in [0.5, 0.6) is 0 Å². The molecule has 0 N–H and O–H groups in total. The van der Waals surface area contributed by atoms with Crippen molar-refractivity contribution in [3.8, 4) is 0 Å². The van der Waals surface area contributed by atoms with Crippen LogP contribution in [0.2, 0.25) is 0 Å². The smallest absolute Gasteiger partial charge is 0.363 e. The van der Waals surface area contributed by atoms with Gasteiger partial charge in [0.15, 0.2) is 0 Å². The van der Waals surface area contributed by atoms with Gasteiger partial charge in [-0.05, 0) is 16.2 Å². The molecule has 0 fully saturated rings. The highest BCUT2D eigenvalue weighted by Gasteiger charge is 2.20. The first-order valence-corrected chi connectivity index (χ1v) is 9.22. The fourth-order valence-electron chi connectivity index (χ4n) is 2.49. The lowest BCUT2D eigenvalue weighted by Crippen LogP contribution is -2.45. The Balaban J connectivity index is 1.55. The zero-order chi connectivity index (χ0) is 16.5. The van der Waals surface area contributed by atoms with Crippen LogP contribution in [0.4, 0.5) is 0 Å². The highest BCUT2D eigenvalue weighted by Crippen LogP contribution is 2.09. The molecule has 3 aromatic rings. The minimum Gasteiger partial charge on any atom is -0.404 e. The van der Waals surface area contributed by atoms with Gasteiger partial charge in [-0.25, -0.2) is 0 Å². The molecule has 0 aromatic heterocycles. The van der Waals surface area contributed by atoms with E-state index in [0.717, 1.165) is 10.9 Å². The summed E-state index contributed by atoms with van der Waals surface area (Å²) in [5, 5.41) is 1.31. The van der Waals surface area contributed by atoms with Gasteiger partial charge in [0.05, 0.1) is 6.35 Å². The Kier molecular flexibility index (Phi) is 6.62. The molecular formula is C20H20BO2P. The number of hydrogen-bond donors (Lipinski definition) is 0. The Labute approximate surface area is 145 Å². The maximum absolute atomic E-state index is 6.03. The second kappa shape index (κ2) is 9.39. The largest absolute Gasteiger partial charge is 0.404 e. The molecule has 0 amide bonds. The molecule has 2 nitrogen and oxygen atoms in total. The van der Waals surface area contributed by atoms with Gasteiger partial charge in [-0.3, -0.25) is 0 Å². The van der Waals surface area contributed by atoms with Crippen LogP contribution in [-0.2, 0) is 9.39 Å². The van der Waals surface area contributed by atoms with Crippen molar-refractivity contribution in [2.75, 3.05) is 13.1 Å². The van der Waals surface area contributed by atoms with Gasteiger partial charge >= 0.3 is 6.92 Å². The van der Waals surface area contributed by atoms with E-state index in [2.05, 4.69) is 48.5 Å². The summed E-state index contributed by atoms with van der Waals surface area (Å²) in [5.74, 6) is 0. The first-order valence-electron chi connectivity index (χ1n) is 8.01. The van der Waals surface area contributed by atoms with Crippen LogP contribution < -0.4 is 16.2 Å². The highest BCUT2D eigenvalue weighted by molar-refractivity contribution is 7.46. The van der Waals surface area contributed by atoms with Gasteiger partial charge in [0.25, 0.3) is 0 Å². The predicted molar refractivity (Wildman–Crippen MR) is 104 cm³/mol. The third-order valence-corrected chi connectivity index (χ3v) is 4.76. The minimum atomic E-state index is -0.104. The summed E-state index contributed by atoms with van der Waals surface area (Å²) >= 11 is 0. The number of benzene rings is 3. The van der Waals surface area contributed by atoms with Crippen molar-refractivity contribution < 1.29 is 9.39 Å². The highest BCUT2D eigenvalue weighted by atomic mass is 31.1. The quantitative estimate of drug-likeness (QED) is 0.273. The van der Waals surface area contributed by atoms with Gasteiger partial charge in [0.1, 0.15) is 6.79 Å². The molecule has 0 heterocycles. The average molecular weight is 334 g/mol. The second-order valence-corrected chi connectivity index (χ2v) is 6.60. The maximum Gasteiger partial charge on any atom is 0.363 e. The summed E-state index contributed by atoms with van der Waals surface area (Å²) in [7, 11) is 0.639. The molecule has 1 unspecified atom stereocenters. The summed E-state index contributed by atoms with van der Waals surface area (Å²) in [6, 6.07) is 30.9. The number of ether oxygens (including phenoxy) is 1. The second-order valence-electron chi connectivity index (χ2n) is 5.38. The molecule has 4 heteroatoms. The van der Waals surface area contributed by atoms with Crippen molar-refractivity contribution in [2.45, 2.75) is 0 Å². The lowest BCUT2D eigenvalue weighted by molar-refractivity contribution is 0.0427. The first-order chi connectivity index (χ1) is 11.9. The van der Waals surface area contributed by atoms with Crippen molar-refractivity contribution in [3.63, 3.8) is 0 Å². The predicted octanol–water partition coefficient (Wildman–Crippen LogP) is 2.74. The Morgan fingerprint density at radius 2 is 1.17 bits per heavy atom. The Bertz CT molecular complexity index is 668. The zero-order valence-corrected chi connectivity index (χ0v) is 14.5. The molecule has 0 saturated heterocycles. The number of rotatable bonds is 8. The molecule has 1 atom stereocenters. The topological polar surface area (TPSA) is 18.5 Å². The van der Waals surface area contributed by atoms with E-state index < -0.39 is 0 Å². The van der Waals surface area contributed by atoms with E-state index >= 15 is 0 Å². The Morgan fingerprint density at radius 1 is 0.667 bits per heavy atom. The zero-order valence-electron chi connectivity index (χ0n) is 13.5. The van der Waals surface area contributed by atoms with Gasteiger partial charge in [0.2, 0.25) is 0 Å². The molecule has 0 saturated carbocycles. The third-order valence-electron chi connectivity index (χ3n) is 3.67. The normalized spacial score (nSPS) is 11.0.